The van der Waals surface area contributed by atoms with Crippen molar-refractivity contribution in [3.63, 3.8) is 0 Å². The second-order valence-electron chi connectivity index (χ2n) is 5.17. The van der Waals surface area contributed by atoms with Crippen LogP contribution in [0.4, 0.5) is 0 Å². The van der Waals surface area contributed by atoms with Crippen molar-refractivity contribution in [2.45, 2.75) is 39.2 Å². The van der Waals surface area contributed by atoms with E-state index in [2.05, 4.69) is 5.32 Å². The van der Waals surface area contributed by atoms with Crippen LogP contribution in [0.5, 0.6) is 0 Å². The Morgan fingerprint density at radius 3 is 2.47 bits per heavy atom. The lowest BCUT2D eigenvalue weighted by molar-refractivity contribution is -0.131. The van der Waals surface area contributed by atoms with Gasteiger partial charge in [-0.3, -0.25) is 9.59 Å². The third-order valence-corrected chi connectivity index (χ3v) is 3.57. The third kappa shape index (κ3) is 3.43. The molecule has 5 nitrogen and oxygen atoms in total. The van der Waals surface area contributed by atoms with E-state index in [0.717, 1.165) is 19.3 Å². The molecule has 0 aromatic heterocycles. The summed E-state index contributed by atoms with van der Waals surface area (Å²) in [6.45, 7) is 4.26. The van der Waals surface area contributed by atoms with Crippen molar-refractivity contribution in [2.24, 2.45) is 29.2 Å². The summed E-state index contributed by atoms with van der Waals surface area (Å²) in [6.07, 6.45) is 2.89. The van der Waals surface area contributed by atoms with Crippen LogP contribution >= 0.6 is 0 Å². The number of rotatable bonds is 5. The number of hydrogen-bond acceptors (Lipinski definition) is 3. The number of carbonyl (C=O) groups excluding carboxylic acids is 2. The van der Waals surface area contributed by atoms with Gasteiger partial charge < -0.3 is 16.8 Å². The molecule has 0 aromatic carbocycles. The lowest BCUT2D eigenvalue weighted by Crippen LogP contribution is -2.50. The largest absolute Gasteiger partial charge is 0.368 e. The first-order valence-corrected chi connectivity index (χ1v) is 6.27. The summed E-state index contributed by atoms with van der Waals surface area (Å²) in [5, 5.41) is 2.75. The second-order valence-corrected chi connectivity index (χ2v) is 5.17. The summed E-state index contributed by atoms with van der Waals surface area (Å²) in [5.74, 6) is -0.350. The van der Waals surface area contributed by atoms with Crippen LogP contribution in [0.3, 0.4) is 0 Å². The van der Waals surface area contributed by atoms with Crippen LogP contribution < -0.4 is 16.8 Å². The molecular weight excluding hydrogens is 218 g/mol. The minimum atomic E-state index is -0.582. The summed E-state index contributed by atoms with van der Waals surface area (Å²) < 4.78 is 0. The minimum absolute atomic E-state index is 0.00850. The average molecular weight is 241 g/mol. The fraction of sp³-hybridized carbons (Fsp3) is 0.833. The van der Waals surface area contributed by atoms with Gasteiger partial charge in [-0.1, -0.05) is 20.3 Å². The molecule has 1 rings (SSSR count). The van der Waals surface area contributed by atoms with Gasteiger partial charge in [0, 0.05) is 5.92 Å². The maximum atomic E-state index is 12.1. The van der Waals surface area contributed by atoms with Gasteiger partial charge in [-0.05, 0) is 31.2 Å². The smallest absolute Gasteiger partial charge is 0.240 e. The highest BCUT2D eigenvalue weighted by Gasteiger charge is 2.34. The Morgan fingerprint density at radius 2 is 2.00 bits per heavy atom. The molecule has 0 bridgehead atoms. The molecule has 0 spiro atoms. The van der Waals surface area contributed by atoms with Crippen molar-refractivity contribution < 1.29 is 9.59 Å². The lowest BCUT2D eigenvalue weighted by Gasteiger charge is -2.23. The zero-order valence-corrected chi connectivity index (χ0v) is 10.6. The first-order valence-electron chi connectivity index (χ1n) is 6.27. The Hall–Kier alpha value is -1.10. The predicted molar refractivity (Wildman–Crippen MR) is 65.8 cm³/mol. The molecule has 1 aliphatic rings. The maximum Gasteiger partial charge on any atom is 0.240 e. The fourth-order valence-corrected chi connectivity index (χ4v) is 2.49. The first-order chi connectivity index (χ1) is 7.97. The Labute approximate surface area is 102 Å². The molecule has 1 aliphatic carbocycles. The number of carbonyl (C=O) groups is 2. The van der Waals surface area contributed by atoms with Gasteiger partial charge >= 0.3 is 0 Å². The molecule has 1 fully saturated rings. The Morgan fingerprint density at radius 1 is 1.35 bits per heavy atom. The van der Waals surface area contributed by atoms with E-state index in [4.69, 9.17) is 11.5 Å². The average Bonchev–Trinajstić information content (AvgIpc) is 2.72. The molecule has 1 unspecified atom stereocenters. The highest BCUT2D eigenvalue weighted by molar-refractivity contribution is 5.88. The minimum Gasteiger partial charge on any atom is -0.368 e. The Bertz CT molecular complexity index is 291. The molecule has 0 saturated heterocycles. The Balaban J connectivity index is 2.61. The fourth-order valence-electron chi connectivity index (χ4n) is 2.49. The Kier molecular flexibility index (Phi) is 4.93. The number of nitrogens with one attached hydrogen (secondary N) is 1. The molecule has 0 heterocycles. The summed E-state index contributed by atoms with van der Waals surface area (Å²) in [5.41, 5.74) is 10.9. The second kappa shape index (κ2) is 6.00. The van der Waals surface area contributed by atoms with E-state index in [1.165, 1.54) is 0 Å². The van der Waals surface area contributed by atoms with Crippen LogP contribution in [-0.2, 0) is 9.59 Å². The van der Waals surface area contributed by atoms with E-state index in [9.17, 15) is 9.59 Å². The standard InChI is InChI=1S/C12H23N3O2/c1-7(2)10(11(14)16)15-12(17)9-5-3-4-8(9)6-13/h7-10H,3-6,13H2,1-2H3,(H2,14,16)(H,15,17)/t8-,9-,10?/m1/s1. The van der Waals surface area contributed by atoms with E-state index in [1.807, 2.05) is 13.8 Å². The van der Waals surface area contributed by atoms with Crippen molar-refractivity contribution >= 4 is 11.8 Å². The van der Waals surface area contributed by atoms with Crippen LogP contribution in [0.1, 0.15) is 33.1 Å². The van der Waals surface area contributed by atoms with Gasteiger partial charge in [-0.25, -0.2) is 0 Å². The number of primary amides is 1. The van der Waals surface area contributed by atoms with Crippen molar-refractivity contribution in [1.82, 2.24) is 5.32 Å². The van der Waals surface area contributed by atoms with Gasteiger partial charge in [-0.2, -0.15) is 0 Å². The van der Waals surface area contributed by atoms with Crippen LogP contribution in [0.2, 0.25) is 0 Å². The highest BCUT2D eigenvalue weighted by atomic mass is 16.2. The predicted octanol–water partition coefficient (Wildman–Crippen LogP) is -0.0125. The maximum absolute atomic E-state index is 12.1. The van der Waals surface area contributed by atoms with Crippen LogP contribution in [0.25, 0.3) is 0 Å². The van der Waals surface area contributed by atoms with E-state index in [0.29, 0.717) is 6.54 Å². The van der Waals surface area contributed by atoms with Crippen LogP contribution in [0.15, 0.2) is 0 Å². The summed E-state index contributed by atoms with van der Waals surface area (Å²) in [7, 11) is 0. The summed E-state index contributed by atoms with van der Waals surface area (Å²) in [4.78, 5) is 23.3. The molecule has 5 N–H and O–H groups in total. The zero-order chi connectivity index (χ0) is 13.0. The number of hydrogen-bond donors (Lipinski definition) is 3. The highest BCUT2D eigenvalue weighted by Crippen LogP contribution is 2.31. The van der Waals surface area contributed by atoms with E-state index in [-0.39, 0.29) is 23.7 Å². The molecule has 0 radical (unpaired) electrons. The SMILES string of the molecule is CC(C)C(NC(=O)[C@@H]1CCC[C@@H]1CN)C(N)=O. The van der Waals surface area contributed by atoms with Gasteiger partial charge in [0.1, 0.15) is 6.04 Å². The topological polar surface area (TPSA) is 98.2 Å². The van der Waals surface area contributed by atoms with Gasteiger partial charge in [0.05, 0.1) is 0 Å². The monoisotopic (exact) mass is 241 g/mol. The summed E-state index contributed by atoms with van der Waals surface area (Å²) in [6, 6.07) is -0.582. The molecule has 98 valence electrons. The zero-order valence-electron chi connectivity index (χ0n) is 10.6. The van der Waals surface area contributed by atoms with Gasteiger partial charge in [0.15, 0.2) is 0 Å². The molecular formula is C12H23N3O2. The van der Waals surface area contributed by atoms with Crippen molar-refractivity contribution in [2.75, 3.05) is 6.54 Å². The molecule has 17 heavy (non-hydrogen) atoms. The number of nitrogens with two attached hydrogens (primary N) is 2. The lowest BCUT2D eigenvalue weighted by atomic mass is 9.94. The van der Waals surface area contributed by atoms with Crippen molar-refractivity contribution in [3.05, 3.63) is 0 Å². The molecule has 1 saturated carbocycles. The summed E-state index contributed by atoms with van der Waals surface area (Å²) >= 11 is 0. The van der Waals surface area contributed by atoms with Crippen molar-refractivity contribution in [1.29, 1.82) is 0 Å². The van der Waals surface area contributed by atoms with E-state index < -0.39 is 11.9 Å². The molecule has 5 heteroatoms. The first kappa shape index (κ1) is 14.0. The molecule has 2 amide bonds. The van der Waals surface area contributed by atoms with Gasteiger partial charge in [0.2, 0.25) is 11.8 Å². The molecule has 0 aliphatic heterocycles. The quantitative estimate of drug-likeness (QED) is 0.631. The molecule has 0 aromatic rings. The normalized spacial score (nSPS) is 25.9. The number of amides is 2. The van der Waals surface area contributed by atoms with Gasteiger partial charge in [0.25, 0.3) is 0 Å². The van der Waals surface area contributed by atoms with Gasteiger partial charge in [-0.15, -0.1) is 0 Å². The van der Waals surface area contributed by atoms with E-state index in [1.54, 1.807) is 0 Å². The molecule has 3 atom stereocenters. The van der Waals surface area contributed by atoms with Crippen LogP contribution in [0, 0.1) is 17.8 Å². The third-order valence-electron chi connectivity index (χ3n) is 3.57. The van der Waals surface area contributed by atoms with Crippen LogP contribution in [-0.4, -0.2) is 24.4 Å². The van der Waals surface area contributed by atoms with E-state index >= 15 is 0 Å². The van der Waals surface area contributed by atoms with Crippen molar-refractivity contribution in [3.8, 4) is 0 Å².